The quantitative estimate of drug-likeness (QED) is 0.160. The first kappa shape index (κ1) is 38.5. The Morgan fingerprint density at radius 2 is 0.701 bits per heavy atom. The second kappa shape index (κ2) is 16.0. The van der Waals surface area contributed by atoms with Crippen LogP contribution < -0.4 is 0 Å². The maximum Gasteiger partial charge on any atom is 0.235 e. The average Bonchev–Trinajstić information content (AvgIpc) is 3.72. The number of nitrogens with zero attached hydrogens (tertiary/aromatic N) is 3. The Hall–Kier alpha value is -8.92. The van der Waals surface area contributed by atoms with Crippen molar-refractivity contribution in [1.29, 1.82) is 0 Å². The zero-order valence-corrected chi connectivity index (χ0v) is 36.5. The maximum atomic E-state index is 5.65. The summed E-state index contributed by atoms with van der Waals surface area (Å²) in [5, 5.41) is 8.02. The molecule has 0 atom stereocenters. The van der Waals surface area contributed by atoms with Crippen LogP contribution in [0.25, 0.3) is 127 Å². The molecule has 0 saturated heterocycles. The van der Waals surface area contributed by atoms with Crippen molar-refractivity contribution in [3.8, 4) is 72.8 Å². The second-order valence-electron chi connectivity index (χ2n) is 17.4. The van der Waals surface area contributed by atoms with Crippen LogP contribution >= 0.6 is 0 Å². The van der Waals surface area contributed by atoms with Gasteiger partial charge in [-0.15, -0.1) is 0 Å². The number of hydrogen-bond donors (Lipinski definition) is 0. The van der Waals surface area contributed by atoms with Gasteiger partial charge in [-0.05, 0) is 120 Å². The third-order valence-electron chi connectivity index (χ3n) is 13.4. The summed E-state index contributed by atoms with van der Waals surface area (Å²) in [4.78, 5) is 11.3. The highest BCUT2D eigenvalue weighted by atomic mass is 15.2. The van der Waals surface area contributed by atoms with Crippen LogP contribution in [-0.2, 0) is 0 Å². The Balaban J connectivity index is 1.06. The van der Waals surface area contributed by atoms with Gasteiger partial charge in [0.2, 0.25) is 5.95 Å². The van der Waals surface area contributed by atoms with Crippen molar-refractivity contribution in [2.75, 3.05) is 0 Å². The summed E-state index contributed by atoms with van der Waals surface area (Å²) in [5.74, 6) is 0.628. The highest BCUT2D eigenvalue weighted by molar-refractivity contribution is 6.14. The Labute approximate surface area is 388 Å². The third kappa shape index (κ3) is 6.84. The van der Waals surface area contributed by atoms with E-state index in [-0.39, 0.29) is 0 Å². The number of rotatable bonds is 7. The molecule has 312 valence electrons. The average molecular weight is 852 g/mol. The van der Waals surface area contributed by atoms with Gasteiger partial charge < -0.3 is 0 Å². The minimum atomic E-state index is 0.628. The molecule has 0 spiro atoms. The first-order valence-corrected chi connectivity index (χ1v) is 22.9. The molecular formula is C64H41N3. The number of fused-ring (bicyclic) bond motifs is 6. The van der Waals surface area contributed by atoms with Crippen molar-refractivity contribution in [3.05, 3.63) is 249 Å². The summed E-state index contributed by atoms with van der Waals surface area (Å²) in [6.07, 6.45) is 0. The molecule has 0 aliphatic heterocycles. The van der Waals surface area contributed by atoms with Crippen LogP contribution in [0.2, 0.25) is 0 Å². The highest BCUT2D eigenvalue weighted by Crippen LogP contribution is 2.42. The van der Waals surface area contributed by atoms with Gasteiger partial charge in [-0.3, -0.25) is 4.57 Å². The molecule has 0 bridgehead atoms. The van der Waals surface area contributed by atoms with E-state index in [0.717, 1.165) is 71.8 Å². The summed E-state index contributed by atoms with van der Waals surface area (Å²) >= 11 is 0. The van der Waals surface area contributed by atoms with E-state index >= 15 is 0 Å². The van der Waals surface area contributed by atoms with Gasteiger partial charge in [0.15, 0.2) is 0 Å². The Bertz CT molecular complexity index is 3990. The van der Waals surface area contributed by atoms with Gasteiger partial charge in [0.05, 0.1) is 22.2 Å². The number of benzene rings is 11. The molecule has 3 nitrogen and oxygen atoms in total. The molecule has 0 fully saturated rings. The van der Waals surface area contributed by atoms with Gasteiger partial charge >= 0.3 is 0 Å². The van der Waals surface area contributed by atoms with Crippen molar-refractivity contribution < 1.29 is 0 Å². The maximum absolute atomic E-state index is 5.65. The number of aromatic nitrogens is 3. The molecule has 0 unspecified atom stereocenters. The first-order valence-electron chi connectivity index (χ1n) is 22.9. The van der Waals surface area contributed by atoms with Crippen LogP contribution in [0.1, 0.15) is 0 Å². The highest BCUT2D eigenvalue weighted by Gasteiger charge is 2.21. The van der Waals surface area contributed by atoms with E-state index in [9.17, 15) is 0 Å². The topological polar surface area (TPSA) is 30.7 Å². The molecule has 0 aliphatic rings. The van der Waals surface area contributed by atoms with Crippen molar-refractivity contribution in [2.45, 2.75) is 0 Å². The van der Waals surface area contributed by atoms with Crippen LogP contribution in [-0.4, -0.2) is 14.5 Å². The van der Waals surface area contributed by atoms with Crippen molar-refractivity contribution in [2.24, 2.45) is 0 Å². The van der Waals surface area contributed by atoms with Crippen LogP contribution in [0.4, 0.5) is 0 Å². The predicted molar refractivity (Wildman–Crippen MR) is 282 cm³/mol. The zero-order chi connectivity index (χ0) is 44.3. The van der Waals surface area contributed by atoms with Gasteiger partial charge in [0, 0.05) is 21.7 Å². The predicted octanol–water partition coefficient (Wildman–Crippen LogP) is 17.0. The summed E-state index contributed by atoms with van der Waals surface area (Å²) < 4.78 is 2.28. The fraction of sp³-hybridized carbons (Fsp3) is 0. The molecular weight excluding hydrogens is 811 g/mol. The van der Waals surface area contributed by atoms with Crippen LogP contribution in [0.5, 0.6) is 0 Å². The van der Waals surface area contributed by atoms with Gasteiger partial charge in [0.1, 0.15) is 0 Å². The van der Waals surface area contributed by atoms with E-state index in [1.165, 1.54) is 49.4 Å². The fourth-order valence-electron chi connectivity index (χ4n) is 9.97. The van der Waals surface area contributed by atoms with E-state index in [1.54, 1.807) is 0 Å². The number of hydrogen-bond acceptors (Lipinski definition) is 2. The second-order valence-corrected chi connectivity index (χ2v) is 17.4. The Kier molecular flexibility index (Phi) is 9.17. The molecule has 67 heavy (non-hydrogen) atoms. The monoisotopic (exact) mass is 851 g/mol. The Morgan fingerprint density at radius 1 is 0.254 bits per heavy atom. The first-order chi connectivity index (χ1) is 33.2. The van der Waals surface area contributed by atoms with E-state index in [2.05, 4.69) is 253 Å². The molecule has 0 radical (unpaired) electrons. The van der Waals surface area contributed by atoms with Crippen LogP contribution in [0.3, 0.4) is 0 Å². The van der Waals surface area contributed by atoms with Gasteiger partial charge in [0.25, 0.3) is 0 Å². The van der Waals surface area contributed by atoms with Crippen molar-refractivity contribution >= 4 is 54.3 Å². The van der Waals surface area contributed by atoms with E-state index in [0.29, 0.717) is 5.95 Å². The lowest BCUT2D eigenvalue weighted by Gasteiger charge is -2.17. The molecule has 13 rings (SSSR count). The van der Waals surface area contributed by atoms with E-state index in [1.807, 2.05) is 0 Å². The lowest BCUT2D eigenvalue weighted by molar-refractivity contribution is 1.01. The fourth-order valence-corrected chi connectivity index (χ4v) is 9.97. The van der Waals surface area contributed by atoms with Crippen molar-refractivity contribution in [1.82, 2.24) is 14.5 Å². The Morgan fingerprint density at radius 3 is 1.34 bits per heavy atom. The van der Waals surface area contributed by atoms with Crippen LogP contribution in [0, 0.1) is 0 Å². The molecule has 2 aromatic heterocycles. The summed E-state index contributed by atoms with van der Waals surface area (Å²) in [6.45, 7) is 0. The van der Waals surface area contributed by atoms with Crippen molar-refractivity contribution in [3.63, 3.8) is 0 Å². The summed E-state index contributed by atoms with van der Waals surface area (Å²) in [5.41, 5.74) is 16.5. The third-order valence-corrected chi connectivity index (χ3v) is 13.4. The lowest BCUT2D eigenvalue weighted by atomic mass is 9.90. The molecule has 11 aromatic carbocycles. The van der Waals surface area contributed by atoms with Gasteiger partial charge in [-0.25, -0.2) is 9.97 Å². The van der Waals surface area contributed by atoms with Gasteiger partial charge in [-0.1, -0.05) is 206 Å². The summed E-state index contributed by atoms with van der Waals surface area (Å²) in [6, 6.07) is 89.6. The van der Waals surface area contributed by atoms with E-state index in [4.69, 9.17) is 9.97 Å². The molecule has 0 aliphatic carbocycles. The standard InChI is InChI=1S/C64H41N3/c1-4-14-42(15-5-1)45-24-26-47(27-25-45)53-34-35-61-57(38-53)58-37-51-22-12-13-23-52(51)39-62(58)67(61)64-65-60-41-56(49-31-28-46(29-32-49)43-16-6-2-7-17-43)55(48-19-8-3-9-20-48)40-59(60)63(66-64)54-33-30-44-18-10-11-21-50(44)36-54/h1-41H. The molecule has 0 amide bonds. The van der Waals surface area contributed by atoms with Crippen LogP contribution in [0.15, 0.2) is 249 Å². The van der Waals surface area contributed by atoms with Gasteiger partial charge in [-0.2, -0.15) is 0 Å². The summed E-state index contributed by atoms with van der Waals surface area (Å²) in [7, 11) is 0. The smallest absolute Gasteiger partial charge is 0.235 e. The zero-order valence-electron chi connectivity index (χ0n) is 36.5. The molecule has 3 heteroatoms. The largest absolute Gasteiger partial charge is 0.278 e. The molecule has 0 saturated carbocycles. The SMILES string of the molecule is c1ccc(-c2ccc(-c3ccc4c(c3)c3cc5ccccc5cc3n4-c3nc(-c4ccc5ccccc5c4)c4cc(-c5ccccc5)c(-c5ccc(-c6ccccc6)cc5)cc4n3)cc2)cc1. The molecule has 0 N–H and O–H groups in total. The molecule has 13 aromatic rings. The minimum absolute atomic E-state index is 0.628. The normalized spacial score (nSPS) is 11.6. The molecule has 2 heterocycles. The minimum Gasteiger partial charge on any atom is -0.278 e. The van der Waals surface area contributed by atoms with E-state index < -0.39 is 0 Å². The lowest BCUT2D eigenvalue weighted by Crippen LogP contribution is -2.04.